The van der Waals surface area contributed by atoms with Crippen LogP contribution >= 0.6 is 38.6 Å². The number of hydrogen-bond donors (Lipinski definition) is 1. The lowest BCUT2D eigenvalue weighted by atomic mass is 10.1. The predicted octanol–water partition coefficient (Wildman–Crippen LogP) is 4.44. The Hall–Kier alpha value is -1.77. The predicted molar refractivity (Wildman–Crippen MR) is 107 cm³/mol. The van der Waals surface area contributed by atoms with Crippen molar-refractivity contribution in [1.82, 2.24) is 9.55 Å². The topological polar surface area (TPSA) is 64.0 Å². The molecule has 25 heavy (non-hydrogen) atoms. The highest BCUT2D eigenvalue weighted by Crippen LogP contribution is 2.31. The zero-order valence-corrected chi connectivity index (χ0v) is 16.9. The summed E-state index contributed by atoms with van der Waals surface area (Å²) in [4.78, 5) is 29.4. The number of carbonyl (C=O) groups is 1. The molecular weight excluding hydrogens is 422 g/mol. The average Bonchev–Trinajstić information content (AvgIpc) is 3.09. The summed E-state index contributed by atoms with van der Waals surface area (Å²) in [7, 11) is 0. The van der Waals surface area contributed by atoms with Gasteiger partial charge in [-0.2, -0.15) is 0 Å². The highest BCUT2D eigenvalue weighted by molar-refractivity contribution is 9.10. The van der Waals surface area contributed by atoms with Crippen molar-refractivity contribution in [3.63, 3.8) is 0 Å². The van der Waals surface area contributed by atoms with Crippen molar-refractivity contribution in [1.29, 1.82) is 0 Å². The van der Waals surface area contributed by atoms with Gasteiger partial charge in [0.15, 0.2) is 5.13 Å². The molecule has 0 unspecified atom stereocenters. The van der Waals surface area contributed by atoms with E-state index in [1.54, 1.807) is 9.95 Å². The summed E-state index contributed by atoms with van der Waals surface area (Å²) in [5.41, 5.74) is 2.76. The minimum atomic E-state index is -0.145. The van der Waals surface area contributed by atoms with Gasteiger partial charge in [0.05, 0.1) is 5.69 Å². The number of aromatic nitrogens is 2. The van der Waals surface area contributed by atoms with Crippen LogP contribution in [-0.2, 0) is 11.3 Å². The molecule has 0 aliphatic heterocycles. The molecule has 3 rings (SSSR count). The van der Waals surface area contributed by atoms with E-state index in [2.05, 4.69) is 26.2 Å². The number of benzene rings is 1. The SMILES string of the molecule is Cc1sc(NC(=O)CCn2c(C)csc2=O)nc1-c1ccc(Br)cc1. The molecule has 2 heterocycles. The van der Waals surface area contributed by atoms with Gasteiger partial charge in [-0.15, -0.1) is 11.3 Å². The van der Waals surface area contributed by atoms with Gasteiger partial charge in [0.25, 0.3) is 0 Å². The molecule has 130 valence electrons. The molecule has 0 aliphatic carbocycles. The van der Waals surface area contributed by atoms with E-state index in [1.165, 1.54) is 11.3 Å². The van der Waals surface area contributed by atoms with E-state index in [0.29, 0.717) is 11.7 Å². The minimum absolute atomic E-state index is 0.0343. The normalized spacial score (nSPS) is 10.8. The van der Waals surface area contributed by atoms with E-state index in [9.17, 15) is 9.59 Å². The van der Waals surface area contributed by atoms with Crippen molar-refractivity contribution in [2.75, 3.05) is 5.32 Å². The Kier molecular flexibility index (Phi) is 5.51. The zero-order chi connectivity index (χ0) is 18.0. The number of aryl methyl sites for hydroxylation is 2. The van der Waals surface area contributed by atoms with Gasteiger partial charge in [0.2, 0.25) is 5.91 Å². The fraction of sp³-hybridized carbons (Fsp3) is 0.235. The van der Waals surface area contributed by atoms with E-state index in [0.717, 1.165) is 37.6 Å². The lowest BCUT2D eigenvalue weighted by molar-refractivity contribution is -0.116. The van der Waals surface area contributed by atoms with Crippen LogP contribution in [0.2, 0.25) is 0 Å². The summed E-state index contributed by atoms with van der Waals surface area (Å²) in [5.74, 6) is -0.145. The highest BCUT2D eigenvalue weighted by Gasteiger charge is 2.13. The number of rotatable bonds is 5. The van der Waals surface area contributed by atoms with Gasteiger partial charge in [-0.25, -0.2) is 4.98 Å². The van der Waals surface area contributed by atoms with Crippen LogP contribution in [0.25, 0.3) is 11.3 Å². The first-order chi connectivity index (χ1) is 11.9. The molecule has 5 nitrogen and oxygen atoms in total. The molecule has 3 aromatic rings. The lowest BCUT2D eigenvalue weighted by Gasteiger charge is -2.04. The van der Waals surface area contributed by atoms with Crippen LogP contribution in [0, 0.1) is 13.8 Å². The van der Waals surface area contributed by atoms with Crippen molar-refractivity contribution in [2.24, 2.45) is 0 Å². The molecular formula is C17H16BrN3O2S2. The number of anilines is 1. The third kappa shape index (κ3) is 4.26. The number of carbonyl (C=O) groups excluding carboxylic acids is 1. The maximum absolute atomic E-state index is 12.2. The monoisotopic (exact) mass is 437 g/mol. The summed E-state index contributed by atoms with van der Waals surface area (Å²) >= 11 is 6.02. The van der Waals surface area contributed by atoms with Crippen molar-refractivity contribution >= 4 is 49.6 Å². The molecule has 1 N–H and O–H groups in total. The summed E-state index contributed by atoms with van der Waals surface area (Å²) in [6, 6.07) is 7.91. The summed E-state index contributed by atoms with van der Waals surface area (Å²) in [6.07, 6.45) is 0.240. The van der Waals surface area contributed by atoms with Crippen molar-refractivity contribution < 1.29 is 4.79 Å². The quantitative estimate of drug-likeness (QED) is 0.641. The molecule has 0 radical (unpaired) electrons. The average molecular weight is 438 g/mol. The smallest absolute Gasteiger partial charge is 0.303 e. The largest absolute Gasteiger partial charge is 0.307 e. The first-order valence-electron chi connectivity index (χ1n) is 7.62. The van der Waals surface area contributed by atoms with Crippen LogP contribution < -0.4 is 10.2 Å². The molecule has 2 aromatic heterocycles. The van der Waals surface area contributed by atoms with Gasteiger partial charge in [0, 0.05) is 39.0 Å². The van der Waals surface area contributed by atoms with E-state index in [-0.39, 0.29) is 17.2 Å². The van der Waals surface area contributed by atoms with Crippen LogP contribution in [-0.4, -0.2) is 15.5 Å². The van der Waals surface area contributed by atoms with E-state index < -0.39 is 0 Å². The van der Waals surface area contributed by atoms with E-state index >= 15 is 0 Å². The number of hydrogen-bond acceptors (Lipinski definition) is 5. The number of amides is 1. The van der Waals surface area contributed by atoms with Crippen molar-refractivity contribution in [3.05, 3.63) is 54.4 Å². The Morgan fingerprint density at radius 1 is 1.28 bits per heavy atom. The second-order valence-corrected chi connectivity index (χ2v) is 8.46. The number of nitrogens with zero attached hydrogens (tertiary/aromatic N) is 2. The first-order valence-corrected chi connectivity index (χ1v) is 10.1. The molecule has 0 bridgehead atoms. The molecule has 0 saturated carbocycles. The van der Waals surface area contributed by atoms with Gasteiger partial charge in [0.1, 0.15) is 0 Å². The third-order valence-corrected chi connectivity index (χ3v) is 6.00. The lowest BCUT2D eigenvalue weighted by Crippen LogP contribution is -2.20. The van der Waals surface area contributed by atoms with Crippen LogP contribution in [0.15, 0.2) is 38.9 Å². The summed E-state index contributed by atoms with van der Waals surface area (Å²) < 4.78 is 2.63. The number of nitrogens with one attached hydrogen (secondary N) is 1. The second-order valence-electron chi connectivity index (χ2n) is 5.52. The second kappa shape index (κ2) is 7.63. The molecule has 0 aliphatic rings. The minimum Gasteiger partial charge on any atom is -0.303 e. The molecule has 8 heteroatoms. The maximum atomic E-state index is 12.2. The molecule has 1 amide bonds. The molecule has 1 aromatic carbocycles. The Labute approximate surface area is 161 Å². The number of thiazole rings is 2. The van der Waals surface area contributed by atoms with Gasteiger partial charge >= 0.3 is 4.87 Å². The van der Waals surface area contributed by atoms with Crippen LogP contribution in [0.1, 0.15) is 17.0 Å². The van der Waals surface area contributed by atoms with Gasteiger partial charge < -0.3 is 9.88 Å². The van der Waals surface area contributed by atoms with Crippen LogP contribution in [0.3, 0.4) is 0 Å². The van der Waals surface area contributed by atoms with Crippen molar-refractivity contribution in [3.8, 4) is 11.3 Å². The standard InChI is InChI=1S/C17H16BrN3O2S2/c1-10-9-24-17(23)21(10)8-7-14(22)19-16-20-15(11(2)25-16)12-3-5-13(18)6-4-12/h3-6,9H,7-8H2,1-2H3,(H,19,20,22). The molecule has 0 fully saturated rings. The van der Waals surface area contributed by atoms with Crippen LogP contribution in [0.4, 0.5) is 5.13 Å². The van der Waals surface area contributed by atoms with Gasteiger partial charge in [-0.05, 0) is 26.0 Å². The summed E-state index contributed by atoms with van der Waals surface area (Å²) in [6.45, 7) is 4.23. The summed E-state index contributed by atoms with van der Waals surface area (Å²) in [5, 5.41) is 5.21. The Morgan fingerprint density at radius 2 is 2.00 bits per heavy atom. The Morgan fingerprint density at radius 3 is 2.64 bits per heavy atom. The highest BCUT2D eigenvalue weighted by atomic mass is 79.9. The van der Waals surface area contributed by atoms with Crippen molar-refractivity contribution in [2.45, 2.75) is 26.8 Å². The van der Waals surface area contributed by atoms with Gasteiger partial charge in [-0.1, -0.05) is 39.4 Å². The van der Waals surface area contributed by atoms with E-state index in [4.69, 9.17) is 0 Å². The Bertz CT molecular complexity index is 957. The van der Waals surface area contributed by atoms with Crippen LogP contribution in [0.5, 0.6) is 0 Å². The molecule has 0 saturated heterocycles. The zero-order valence-electron chi connectivity index (χ0n) is 13.7. The fourth-order valence-corrected chi connectivity index (χ4v) is 4.27. The third-order valence-electron chi connectivity index (χ3n) is 3.70. The first kappa shape index (κ1) is 18.0. The maximum Gasteiger partial charge on any atom is 0.307 e. The Balaban J connectivity index is 1.67. The molecule has 0 atom stereocenters. The number of halogens is 1. The van der Waals surface area contributed by atoms with Gasteiger partial charge in [-0.3, -0.25) is 9.59 Å². The fourth-order valence-electron chi connectivity index (χ4n) is 2.40. The molecule has 0 spiro atoms. The van der Waals surface area contributed by atoms with E-state index in [1.807, 2.05) is 38.1 Å².